The van der Waals surface area contributed by atoms with Gasteiger partial charge >= 0.3 is 0 Å². The lowest BCUT2D eigenvalue weighted by Crippen LogP contribution is -2.08. The van der Waals surface area contributed by atoms with Crippen LogP contribution in [0.2, 0.25) is 0 Å². The molecule has 1 aromatic heterocycles. The summed E-state index contributed by atoms with van der Waals surface area (Å²) in [6.07, 6.45) is 9.55. The van der Waals surface area contributed by atoms with Crippen molar-refractivity contribution in [2.75, 3.05) is 10.7 Å². The predicted molar refractivity (Wildman–Crippen MR) is 97.7 cm³/mol. The molecule has 1 aliphatic rings. The molecule has 0 atom stereocenters. The summed E-state index contributed by atoms with van der Waals surface area (Å²) in [5.74, 6) is 3.37. The quantitative estimate of drug-likeness (QED) is 0.668. The molecule has 0 N–H and O–H groups in total. The van der Waals surface area contributed by atoms with Crippen molar-refractivity contribution in [2.24, 2.45) is 0 Å². The number of para-hydroxylation sites is 2. The van der Waals surface area contributed by atoms with Crippen LogP contribution in [0.15, 0.2) is 65.8 Å². The highest BCUT2D eigenvalue weighted by molar-refractivity contribution is 8.03. The molecule has 4 rings (SSSR count). The Bertz CT molecular complexity index is 919. The van der Waals surface area contributed by atoms with E-state index in [0.717, 1.165) is 28.8 Å². The molecule has 0 saturated carbocycles. The lowest BCUT2D eigenvalue weighted by Gasteiger charge is -2.21. The third-order valence-electron chi connectivity index (χ3n) is 3.85. The number of benzene rings is 2. The van der Waals surface area contributed by atoms with Gasteiger partial charge in [0, 0.05) is 22.2 Å². The van der Waals surface area contributed by atoms with Crippen molar-refractivity contribution in [2.45, 2.75) is 6.54 Å². The highest BCUT2D eigenvalue weighted by Crippen LogP contribution is 2.37. The van der Waals surface area contributed by atoms with E-state index in [-0.39, 0.29) is 0 Å². The fourth-order valence-corrected chi connectivity index (χ4v) is 3.52. The Balaban J connectivity index is 1.92. The highest BCUT2D eigenvalue weighted by Gasteiger charge is 2.19. The summed E-state index contributed by atoms with van der Waals surface area (Å²) in [5.41, 5.74) is 3.43. The molecule has 0 spiro atoms. The van der Waals surface area contributed by atoms with Gasteiger partial charge in [-0.25, -0.2) is 0 Å². The molecule has 0 aliphatic carbocycles. The van der Waals surface area contributed by atoms with E-state index in [4.69, 9.17) is 6.42 Å². The van der Waals surface area contributed by atoms with Crippen LogP contribution in [0.25, 0.3) is 10.9 Å². The third-order valence-corrected chi connectivity index (χ3v) is 4.77. The van der Waals surface area contributed by atoms with Crippen molar-refractivity contribution in [3.8, 4) is 12.3 Å². The SMILES string of the molecule is C#CCSC1=CN(c2ccccc2)c2cccc3cnn(c23)C1. The van der Waals surface area contributed by atoms with Crippen molar-refractivity contribution in [1.82, 2.24) is 9.78 Å². The van der Waals surface area contributed by atoms with Crippen molar-refractivity contribution in [1.29, 1.82) is 0 Å². The molecular formula is C19H15N3S. The summed E-state index contributed by atoms with van der Waals surface area (Å²) in [6, 6.07) is 16.7. The Morgan fingerprint density at radius 3 is 2.83 bits per heavy atom. The minimum Gasteiger partial charge on any atom is -0.314 e. The first kappa shape index (κ1) is 14.0. The second-order valence-electron chi connectivity index (χ2n) is 5.31. The number of anilines is 2. The van der Waals surface area contributed by atoms with Crippen LogP contribution in [0.1, 0.15) is 0 Å². The number of hydrogen-bond donors (Lipinski definition) is 0. The second kappa shape index (κ2) is 5.86. The minimum absolute atomic E-state index is 0.662. The number of terminal acetylenes is 1. The fraction of sp³-hybridized carbons (Fsp3) is 0.105. The number of allylic oxidation sites excluding steroid dienone is 1. The van der Waals surface area contributed by atoms with Crippen LogP contribution in [0.4, 0.5) is 11.4 Å². The third kappa shape index (κ3) is 2.49. The molecule has 3 nitrogen and oxygen atoms in total. The van der Waals surface area contributed by atoms with E-state index in [1.54, 1.807) is 11.8 Å². The van der Waals surface area contributed by atoms with Crippen molar-refractivity contribution < 1.29 is 0 Å². The molecule has 3 aromatic rings. The van der Waals surface area contributed by atoms with Gasteiger partial charge in [-0.05, 0) is 18.2 Å². The molecule has 0 amide bonds. The lowest BCUT2D eigenvalue weighted by molar-refractivity contribution is 0.725. The van der Waals surface area contributed by atoms with Gasteiger partial charge in [0.1, 0.15) is 0 Å². The molecule has 0 unspecified atom stereocenters. The predicted octanol–water partition coefficient (Wildman–Crippen LogP) is 4.40. The molecular weight excluding hydrogens is 302 g/mol. The first-order valence-corrected chi connectivity index (χ1v) is 8.41. The van der Waals surface area contributed by atoms with Gasteiger partial charge in [-0.2, -0.15) is 5.10 Å². The van der Waals surface area contributed by atoms with E-state index >= 15 is 0 Å². The van der Waals surface area contributed by atoms with Crippen LogP contribution in [0.3, 0.4) is 0 Å². The largest absolute Gasteiger partial charge is 0.314 e. The number of aromatic nitrogens is 2. The van der Waals surface area contributed by atoms with Gasteiger partial charge in [0.05, 0.1) is 29.7 Å². The summed E-state index contributed by atoms with van der Waals surface area (Å²) >= 11 is 1.69. The van der Waals surface area contributed by atoms with Gasteiger partial charge in [0.25, 0.3) is 0 Å². The Kier molecular flexibility index (Phi) is 3.57. The fourth-order valence-electron chi connectivity index (χ4n) is 2.86. The van der Waals surface area contributed by atoms with Crippen molar-refractivity contribution in [3.63, 3.8) is 0 Å². The van der Waals surface area contributed by atoms with E-state index in [2.05, 4.69) is 69.3 Å². The molecule has 0 fully saturated rings. The average molecular weight is 317 g/mol. The van der Waals surface area contributed by atoms with Crippen LogP contribution >= 0.6 is 11.8 Å². The Hall–Kier alpha value is -2.64. The molecule has 23 heavy (non-hydrogen) atoms. The van der Waals surface area contributed by atoms with Crippen LogP contribution in [0.5, 0.6) is 0 Å². The van der Waals surface area contributed by atoms with Crippen molar-refractivity contribution >= 4 is 34.0 Å². The number of hydrogen-bond acceptors (Lipinski definition) is 3. The molecule has 0 bridgehead atoms. The maximum Gasteiger partial charge on any atom is 0.0926 e. The van der Waals surface area contributed by atoms with E-state index in [0.29, 0.717) is 5.75 Å². The van der Waals surface area contributed by atoms with E-state index in [9.17, 15) is 0 Å². The number of nitrogens with zero attached hydrogens (tertiary/aromatic N) is 3. The van der Waals surface area contributed by atoms with Gasteiger partial charge in [0.15, 0.2) is 0 Å². The van der Waals surface area contributed by atoms with Crippen LogP contribution in [0, 0.1) is 12.3 Å². The highest BCUT2D eigenvalue weighted by atomic mass is 32.2. The van der Waals surface area contributed by atoms with E-state index < -0.39 is 0 Å². The summed E-state index contributed by atoms with van der Waals surface area (Å²) in [5, 5.41) is 5.71. The normalized spacial score (nSPS) is 13.5. The number of thioether (sulfide) groups is 1. The minimum atomic E-state index is 0.662. The molecule has 1 aliphatic heterocycles. The zero-order valence-corrected chi connectivity index (χ0v) is 13.3. The maximum atomic E-state index is 5.44. The summed E-state index contributed by atoms with van der Waals surface area (Å²) in [6.45, 7) is 0.746. The van der Waals surface area contributed by atoms with Crippen molar-refractivity contribution in [3.05, 3.63) is 65.8 Å². The monoisotopic (exact) mass is 317 g/mol. The smallest absolute Gasteiger partial charge is 0.0926 e. The second-order valence-corrected chi connectivity index (χ2v) is 6.41. The lowest BCUT2D eigenvalue weighted by atomic mass is 10.2. The van der Waals surface area contributed by atoms with Gasteiger partial charge in [0.2, 0.25) is 0 Å². The molecule has 2 heterocycles. The molecule has 112 valence electrons. The van der Waals surface area contributed by atoms with E-state index in [1.165, 1.54) is 4.91 Å². The van der Waals surface area contributed by atoms with E-state index in [1.807, 2.05) is 12.3 Å². The molecule has 0 radical (unpaired) electrons. The number of rotatable bonds is 3. The Labute approximate surface area is 139 Å². The zero-order chi connectivity index (χ0) is 15.6. The van der Waals surface area contributed by atoms with Crippen LogP contribution in [-0.4, -0.2) is 15.5 Å². The standard InChI is InChI=1S/C19H15N3S/c1-2-11-23-17-13-21(16-8-4-3-5-9-16)18-10-6-7-15-12-20-22(14-17)19(15)18/h1,3-10,12-13H,11,14H2. The summed E-state index contributed by atoms with van der Waals surface area (Å²) in [4.78, 5) is 3.43. The van der Waals surface area contributed by atoms with Gasteiger partial charge in [-0.3, -0.25) is 4.68 Å². The first-order chi connectivity index (χ1) is 11.4. The molecule has 0 saturated heterocycles. The van der Waals surface area contributed by atoms with Crippen LogP contribution < -0.4 is 4.90 Å². The Morgan fingerprint density at radius 1 is 1.13 bits per heavy atom. The Morgan fingerprint density at radius 2 is 2.00 bits per heavy atom. The molecule has 2 aromatic carbocycles. The topological polar surface area (TPSA) is 21.1 Å². The summed E-state index contributed by atoms with van der Waals surface area (Å²) < 4.78 is 2.06. The van der Waals surface area contributed by atoms with Crippen LogP contribution in [-0.2, 0) is 6.54 Å². The molecule has 4 heteroatoms. The maximum absolute atomic E-state index is 5.44. The average Bonchev–Trinajstić information content (AvgIpc) is 2.93. The van der Waals surface area contributed by atoms with Gasteiger partial charge in [-0.1, -0.05) is 36.3 Å². The first-order valence-electron chi connectivity index (χ1n) is 7.42. The summed E-state index contributed by atoms with van der Waals surface area (Å²) in [7, 11) is 0. The van der Waals surface area contributed by atoms with Gasteiger partial charge in [-0.15, -0.1) is 18.2 Å². The zero-order valence-electron chi connectivity index (χ0n) is 12.5. The van der Waals surface area contributed by atoms with Gasteiger partial charge < -0.3 is 4.90 Å².